The second-order valence-corrected chi connectivity index (χ2v) is 3.74. The van der Waals surface area contributed by atoms with Crippen molar-refractivity contribution in [3.63, 3.8) is 0 Å². The van der Waals surface area contributed by atoms with Crippen LogP contribution in [0.2, 0.25) is 0 Å². The third kappa shape index (κ3) is 1.57. The first-order valence-corrected chi connectivity index (χ1v) is 5.08. The number of hydrogen-bond acceptors (Lipinski definition) is 2. The Labute approximate surface area is 96.4 Å². The SMILES string of the molecule is O=C(O)c1cc2cc(-c3cc[nH]c3)cn2cn1. The number of fused-ring (bicyclic) bond motifs is 1. The molecule has 0 saturated carbocycles. The standard InChI is InChI=1S/C12H9N3O2/c16-12(17)11-4-10-3-9(6-15(10)7-14-11)8-1-2-13-5-8/h1-7,13H,(H,16,17). The molecule has 0 atom stereocenters. The molecule has 0 saturated heterocycles. The molecule has 3 heterocycles. The highest BCUT2D eigenvalue weighted by Crippen LogP contribution is 2.22. The van der Waals surface area contributed by atoms with E-state index in [9.17, 15) is 4.79 Å². The molecule has 0 aliphatic heterocycles. The highest BCUT2D eigenvalue weighted by atomic mass is 16.4. The largest absolute Gasteiger partial charge is 0.477 e. The Morgan fingerprint density at radius 1 is 1.35 bits per heavy atom. The van der Waals surface area contributed by atoms with Crippen molar-refractivity contribution in [2.45, 2.75) is 0 Å². The lowest BCUT2D eigenvalue weighted by Gasteiger charge is -1.95. The minimum atomic E-state index is -1.02. The van der Waals surface area contributed by atoms with Crippen LogP contribution in [0.1, 0.15) is 10.5 Å². The van der Waals surface area contributed by atoms with Crippen LogP contribution in [0.4, 0.5) is 0 Å². The molecular weight excluding hydrogens is 218 g/mol. The molecule has 0 spiro atoms. The summed E-state index contributed by atoms with van der Waals surface area (Å²) >= 11 is 0. The molecule has 84 valence electrons. The van der Waals surface area contributed by atoms with Crippen LogP contribution in [0.25, 0.3) is 16.6 Å². The molecule has 5 nitrogen and oxygen atoms in total. The topological polar surface area (TPSA) is 70.4 Å². The summed E-state index contributed by atoms with van der Waals surface area (Å²) in [5.74, 6) is -1.02. The van der Waals surface area contributed by atoms with Gasteiger partial charge in [-0.05, 0) is 18.2 Å². The Balaban J connectivity index is 2.16. The average molecular weight is 227 g/mol. The van der Waals surface area contributed by atoms with E-state index in [-0.39, 0.29) is 5.69 Å². The van der Waals surface area contributed by atoms with E-state index >= 15 is 0 Å². The number of carbonyl (C=O) groups is 1. The zero-order chi connectivity index (χ0) is 11.8. The van der Waals surface area contributed by atoms with Gasteiger partial charge >= 0.3 is 5.97 Å². The number of carboxylic acid groups (broad SMARTS) is 1. The van der Waals surface area contributed by atoms with Crippen LogP contribution in [-0.4, -0.2) is 25.4 Å². The van der Waals surface area contributed by atoms with Crippen LogP contribution in [-0.2, 0) is 0 Å². The average Bonchev–Trinajstić information content (AvgIpc) is 2.96. The van der Waals surface area contributed by atoms with E-state index in [1.54, 1.807) is 10.5 Å². The summed E-state index contributed by atoms with van der Waals surface area (Å²) in [6.45, 7) is 0. The van der Waals surface area contributed by atoms with E-state index in [2.05, 4.69) is 9.97 Å². The molecule has 0 fully saturated rings. The van der Waals surface area contributed by atoms with Crippen molar-refractivity contribution in [1.82, 2.24) is 14.4 Å². The molecule has 3 aromatic rings. The van der Waals surface area contributed by atoms with Crippen molar-refractivity contribution in [1.29, 1.82) is 0 Å². The molecule has 3 aromatic heterocycles. The number of nitrogens with zero attached hydrogens (tertiary/aromatic N) is 2. The molecule has 5 heteroatoms. The quantitative estimate of drug-likeness (QED) is 0.703. The van der Waals surface area contributed by atoms with Gasteiger partial charge in [0.2, 0.25) is 0 Å². The summed E-state index contributed by atoms with van der Waals surface area (Å²) in [5, 5.41) is 8.86. The maximum absolute atomic E-state index is 10.8. The smallest absolute Gasteiger partial charge is 0.354 e. The summed E-state index contributed by atoms with van der Waals surface area (Å²) in [4.78, 5) is 17.6. The monoisotopic (exact) mass is 227 g/mol. The molecule has 3 rings (SSSR count). The summed E-state index contributed by atoms with van der Waals surface area (Å²) in [6, 6.07) is 5.44. The van der Waals surface area contributed by atoms with E-state index in [1.165, 1.54) is 6.33 Å². The number of H-pyrrole nitrogens is 1. The van der Waals surface area contributed by atoms with Crippen LogP contribution in [0.3, 0.4) is 0 Å². The van der Waals surface area contributed by atoms with Crippen LogP contribution in [0.5, 0.6) is 0 Å². The molecule has 0 aromatic carbocycles. The van der Waals surface area contributed by atoms with Crippen molar-refractivity contribution in [2.75, 3.05) is 0 Å². The van der Waals surface area contributed by atoms with Gasteiger partial charge in [0.25, 0.3) is 0 Å². The lowest BCUT2D eigenvalue weighted by molar-refractivity contribution is 0.0690. The van der Waals surface area contributed by atoms with Crippen molar-refractivity contribution >= 4 is 11.5 Å². The van der Waals surface area contributed by atoms with E-state index in [0.29, 0.717) is 0 Å². The summed E-state index contributed by atoms with van der Waals surface area (Å²) in [5.41, 5.74) is 2.95. The second-order valence-electron chi connectivity index (χ2n) is 3.74. The maximum Gasteiger partial charge on any atom is 0.354 e. The fourth-order valence-corrected chi connectivity index (χ4v) is 1.79. The van der Waals surface area contributed by atoms with E-state index in [4.69, 9.17) is 5.11 Å². The third-order valence-electron chi connectivity index (χ3n) is 2.64. The Hall–Kier alpha value is -2.56. The first-order chi connectivity index (χ1) is 8.24. The summed E-state index contributed by atoms with van der Waals surface area (Å²) < 4.78 is 1.80. The van der Waals surface area contributed by atoms with Gasteiger partial charge in [-0.15, -0.1) is 0 Å². The van der Waals surface area contributed by atoms with Gasteiger partial charge in [0.15, 0.2) is 5.69 Å². The maximum atomic E-state index is 10.8. The summed E-state index contributed by atoms with van der Waals surface area (Å²) in [6.07, 6.45) is 7.16. The molecular formula is C12H9N3O2. The van der Waals surface area contributed by atoms with Gasteiger partial charge in [0, 0.05) is 35.2 Å². The minimum Gasteiger partial charge on any atom is -0.477 e. The molecule has 2 N–H and O–H groups in total. The fraction of sp³-hybridized carbons (Fsp3) is 0. The highest BCUT2D eigenvalue weighted by molar-refractivity contribution is 5.87. The Kier molecular flexibility index (Phi) is 1.98. The van der Waals surface area contributed by atoms with E-state index in [0.717, 1.165) is 16.6 Å². The molecule has 0 radical (unpaired) electrons. The number of aromatic carboxylic acids is 1. The van der Waals surface area contributed by atoms with E-state index < -0.39 is 5.97 Å². The zero-order valence-corrected chi connectivity index (χ0v) is 8.79. The third-order valence-corrected chi connectivity index (χ3v) is 2.64. The van der Waals surface area contributed by atoms with Gasteiger partial charge in [0.05, 0.1) is 0 Å². The van der Waals surface area contributed by atoms with Gasteiger partial charge in [-0.3, -0.25) is 0 Å². The molecule has 0 unspecified atom stereocenters. The zero-order valence-electron chi connectivity index (χ0n) is 8.79. The van der Waals surface area contributed by atoms with E-state index in [1.807, 2.05) is 30.7 Å². The second kappa shape index (κ2) is 3.48. The van der Waals surface area contributed by atoms with Crippen LogP contribution >= 0.6 is 0 Å². The van der Waals surface area contributed by atoms with Crippen molar-refractivity contribution in [2.24, 2.45) is 0 Å². The molecule has 0 aliphatic carbocycles. The predicted octanol–water partition coefficient (Wildman–Crippen LogP) is 2.03. The van der Waals surface area contributed by atoms with Gasteiger partial charge in [-0.2, -0.15) is 0 Å². The van der Waals surface area contributed by atoms with Gasteiger partial charge in [-0.1, -0.05) is 0 Å². The normalized spacial score (nSPS) is 10.8. The van der Waals surface area contributed by atoms with Crippen LogP contribution in [0.15, 0.2) is 43.1 Å². The number of hydrogen-bond donors (Lipinski definition) is 2. The summed E-state index contributed by atoms with van der Waals surface area (Å²) in [7, 11) is 0. The Morgan fingerprint density at radius 3 is 2.94 bits per heavy atom. The number of aromatic nitrogens is 3. The Bertz CT molecular complexity index is 683. The van der Waals surface area contributed by atoms with Crippen molar-refractivity contribution in [3.05, 3.63) is 48.8 Å². The number of nitrogens with one attached hydrogen (secondary N) is 1. The van der Waals surface area contributed by atoms with Crippen LogP contribution in [0, 0.1) is 0 Å². The van der Waals surface area contributed by atoms with Gasteiger partial charge in [-0.25, -0.2) is 9.78 Å². The fourth-order valence-electron chi connectivity index (χ4n) is 1.79. The minimum absolute atomic E-state index is 0.0521. The highest BCUT2D eigenvalue weighted by Gasteiger charge is 2.07. The van der Waals surface area contributed by atoms with Crippen LogP contribution < -0.4 is 0 Å². The molecule has 0 aliphatic rings. The van der Waals surface area contributed by atoms with Crippen molar-refractivity contribution in [3.8, 4) is 11.1 Å². The Morgan fingerprint density at radius 2 is 2.24 bits per heavy atom. The first-order valence-electron chi connectivity index (χ1n) is 5.08. The first kappa shape index (κ1) is 9.65. The van der Waals surface area contributed by atoms with Crippen molar-refractivity contribution < 1.29 is 9.90 Å². The predicted molar refractivity (Wildman–Crippen MR) is 61.9 cm³/mol. The number of carboxylic acids is 1. The number of aromatic amines is 1. The molecule has 0 bridgehead atoms. The van der Waals surface area contributed by atoms with Gasteiger partial charge in [0.1, 0.15) is 6.33 Å². The lowest BCUT2D eigenvalue weighted by Crippen LogP contribution is -2.00. The lowest BCUT2D eigenvalue weighted by atomic mass is 10.2. The molecule has 17 heavy (non-hydrogen) atoms. The number of rotatable bonds is 2. The molecule has 0 amide bonds. The van der Waals surface area contributed by atoms with Gasteiger partial charge < -0.3 is 14.5 Å².